The zero-order valence-corrected chi connectivity index (χ0v) is 27.9. The summed E-state index contributed by atoms with van der Waals surface area (Å²) in [4.78, 5) is 10.6. The molecule has 50 heavy (non-hydrogen) atoms. The number of aromatic nitrogens is 3. The maximum absolute atomic E-state index is 5.31. The molecule has 0 unspecified atom stereocenters. The first-order chi connectivity index (χ1) is 24.5. The molecule has 0 spiro atoms. The van der Waals surface area contributed by atoms with Gasteiger partial charge in [0.15, 0.2) is 5.82 Å². The van der Waals surface area contributed by atoms with E-state index in [1.165, 1.54) is 49.3 Å². The van der Waals surface area contributed by atoms with E-state index in [4.69, 9.17) is 9.97 Å². The van der Waals surface area contributed by atoms with Gasteiger partial charge in [0, 0.05) is 38.6 Å². The molecule has 2 heterocycles. The highest BCUT2D eigenvalue weighted by Crippen LogP contribution is 2.53. The van der Waals surface area contributed by atoms with Crippen molar-refractivity contribution in [2.45, 2.75) is 19.3 Å². The molecular formula is C47H33N3. The molecule has 0 N–H and O–H groups in total. The van der Waals surface area contributed by atoms with Gasteiger partial charge in [-0.05, 0) is 75.5 Å². The summed E-state index contributed by atoms with van der Waals surface area (Å²) in [6.07, 6.45) is 0. The Morgan fingerprint density at radius 3 is 1.96 bits per heavy atom. The second kappa shape index (κ2) is 10.8. The largest absolute Gasteiger partial charge is 0.309 e. The molecule has 0 amide bonds. The van der Waals surface area contributed by atoms with Crippen LogP contribution in [0.4, 0.5) is 0 Å². The fourth-order valence-corrected chi connectivity index (χ4v) is 8.12. The molecule has 0 bridgehead atoms. The molecule has 7 aromatic carbocycles. The van der Waals surface area contributed by atoms with Crippen LogP contribution in [-0.2, 0) is 5.41 Å². The fourth-order valence-electron chi connectivity index (χ4n) is 8.12. The van der Waals surface area contributed by atoms with Crippen molar-refractivity contribution in [3.05, 3.63) is 175 Å². The van der Waals surface area contributed by atoms with Gasteiger partial charge in [0.2, 0.25) is 0 Å². The quantitative estimate of drug-likeness (QED) is 0.192. The van der Waals surface area contributed by atoms with Gasteiger partial charge in [-0.1, -0.05) is 135 Å². The molecule has 0 radical (unpaired) electrons. The summed E-state index contributed by atoms with van der Waals surface area (Å²) in [5.41, 5.74) is 13.6. The molecule has 3 heteroatoms. The molecule has 1 aliphatic rings. The van der Waals surface area contributed by atoms with Crippen molar-refractivity contribution in [2.24, 2.45) is 0 Å². The van der Waals surface area contributed by atoms with Crippen molar-refractivity contribution in [3.63, 3.8) is 0 Å². The molecule has 3 nitrogen and oxygen atoms in total. The van der Waals surface area contributed by atoms with Gasteiger partial charge in [-0.3, -0.25) is 0 Å². The summed E-state index contributed by atoms with van der Waals surface area (Å²) >= 11 is 0. The molecule has 10 rings (SSSR count). The van der Waals surface area contributed by atoms with E-state index < -0.39 is 0 Å². The Hall–Kier alpha value is -6.32. The Bertz CT molecular complexity index is 2770. The maximum atomic E-state index is 5.31. The number of hydrogen-bond acceptors (Lipinski definition) is 2. The molecule has 0 aliphatic heterocycles. The van der Waals surface area contributed by atoms with Crippen molar-refractivity contribution in [1.29, 1.82) is 0 Å². The Morgan fingerprint density at radius 1 is 0.460 bits per heavy atom. The average Bonchev–Trinajstić information content (AvgIpc) is 3.62. The first-order valence-corrected chi connectivity index (χ1v) is 17.3. The van der Waals surface area contributed by atoms with Gasteiger partial charge in [-0.2, -0.15) is 0 Å². The van der Waals surface area contributed by atoms with Crippen LogP contribution in [0.25, 0.3) is 83.3 Å². The Labute approximate surface area is 291 Å². The van der Waals surface area contributed by atoms with E-state index in [1.54, 1.807) is 0 Å². The third-order valence-corrected chi connectivity index (χ3v) is 10.6. The van der Waals surface area contributed by atoms with Crippen LogP contribution in [0, 0.1) is 0 Å². The molecule has 9 aromatic rings. The molecule has 0 saturated heterocycles. The van der Waals surface area contributed by atoms with E-state index in [0.717, 1.165) is 45.1 Å². The average molecular weight is 640 g/mol. The lowest BCUT2D eigenvalue weighted by atomic mass is 9.81. The molecule has 0 atom stereocenters. The first kappa shape index (κ1) is 28.7. The van der Waals surface area contributed by atoms with E-state index in [2.05, 4.69) is 176 Å². The van der Waals surface area contributed by atoms with Crippen LogP contribution in [0.15, 0.2) is 164 Å². The second-order valence-corrected chi connectivity index (χ2v) is 13.8. The number of fused-ring (bicyclic) bond motifs is 7. The minimum atomic E-state index is -0.140. The first-order valence-electron chi connectivity index (χ1n) is 17.3. The highest BCUT2D eigenvalue weighted by Gasteiger charge is 2.37. The summed E-state index contributed by atoms with van der Waals surface area (Å²) in [6, 6.07) is 58.7. The van der Waals surface area contributed by atoms with Crippen molar-refractivity contribution in [3.8, 4) is 50.7 Å². The van der Waals surface area contributed by atoms with Crippen LogP contribution < -0.4 is 0 Å². The highest BCUT2D eigenvalue weighted by molar-refractivity contribution is 6.10. The molecule has 2 aromatic heterocycles. The van der Waals surface area contributed by atoms with Crippen LogP contribution >= 0.6 is 0 Å². The topological polar surface area (TPSA) is 30.7 Å². The summed E-state index contributed by atoms with van der Waals surface area (Å²) in [7, 11) is 0. The van der Waals surface area contributed by atoms with Crippen molar-refractivity contribution >= 4 is 32.6 Å². The van der Waals surface area contributed by atoms with Gasteiger partial charge in [-0.25, -0.2) is 9.97 Å². The Morgan fingerprint density at radius 2 is 1.14 bits per heavy atom. The van der Waals surface area contributed by atoms with Crippen LogP contribution in [-0.4, -0.2) is 14.5 Å². The van der Waals surface area contributed by atoms with Crippen molar-refractivity contribution in [1.82, 2.24) is 14.5 Å². The standard InChI is InChI=1S/C47H33N3/c1-47(2)39-22-13-21-37(45(39)38-26-31-16-9-10-17-32(31)27-40(38)47)42-29-41(48-46(49-42)30-14-5-3-6-15-30)33-24-25-36-35-20-11-12-23-43(35)50(44(36)28-33)34-18-7-4-8-19-34/h3-29H,1-2H3. The van der Waals surface area contributed by atoms with Crippen molar-refractivity contribution in [2.75, 3.05) is 0 Å². The Balaban J connectivity index is 1.23. The fraction of sp³-hybridized carbons (Fsp3) is 0.0638. The maximum Gasteiger partial charge on any atom is 0.160 e. The zero-order valence-electron chi connectivity index (χ0n) is 27.9. The molecule has 1 aliphatic carbocycles. The highest BCUT2D eigenvalue weighted by atomic mass is 15.0. The minimum absolute atomic E-state index is 0.140. The summed E-state index contributed by atoms with van der Waals surface area (Å²) in [6.45, 7) is 4.69. The zero-order chi connectivity index (χ0) is 33.4. The third-order valence-electron chi connectivity index (χ3n) is 10.6. The number of nitrogens with zero attached hydrogens (tertiary/aromatic N) is 3. The van der Waals surface area contributed by atoms with Crippen LogP contribution in [0.5, 0.6) is 0 Å². The van der Waals surface area contributed by atoms with E-state index in [-0.39, 0.29) is 5.41 Å². The summed E-state index contributed by atoms with van der Waals surface area (Å²) in [5.74, 6) is 0.718. The molecule has 0 saturated carbocycles. The van der Waals surface area contributed by atoms with Gasteiger partial charge < -0.3 is 4.57 Å². The monoisotopic (exact) mass is 639 g/mol. The van der Waals surface area contributed by atoms with Crippen molar-refractivity contribution < 1.29 is 0 Å². The summed E-state index contributed by atoms with van der Waals surface area (Å²) in [5, 5.41) is 4.98. The second-order valence-electron chi connectivity index (χ2n) is 13.8. The van der Waals surface area contributed by atoms with Gasteiger partial charge >= 0.3 is 0 Å². The lowest BCUT2D eigenvalue weighted by Crippen LogP contribution is -2.14. The SMILES string of the molecule is CC1(C)c2cc3ccccc3cc2-c2c(-c3cc(-c4ccc5c6ccccc6n(-c6ccccc6)c5c4)nc(-c4ccccc4)n3)cccc21. The minimum Gasteiger partial charge on any atom is -0.309 e. The van der Waals surface area contributed by atoms with Gasteiger partial charge in [-0.15, -0.1) is 0 Å². The van der Waals surface area contributed by atoms with Gasteiger partial charge in [0.1, 0.15) is 0 Å². The number of rotatable bonds is 4. The van der Waals surface area contributed by atoms with Gasteiger partial charge in [0.05, 0.1) is 22.4 Å². The predicted octanol–water partition coefficient (Wildman–Crippen LogP) is 12.0. The normalized spacial score (nSPS) is 13.2. The van der Waals surface area contributed by atoms with E-state index in [9.17, 15) is 0 Å². The number of benzene rings is 7. The lowest BCUT2D eigenvalue weighted by molar-refractivity contribution is 0.661. The number of hydrogen-bond donors (Lipinski definition) is 0. The summed E-state index contributed by atoms with van der Waals surface area (Å²) < 4.78 is 2.36. The third kappa shape index (κ3) is 4.30. The van der Waals surface area contributed by atoms with Crippen LogP contribution in [0.2, 0.25) is 0 Å². The molecule has 0 fully saturated rings. The van der Waals surface area contributed by atoms with E-state index in [0.29, 0.717) is 0 Å². The van der Waals surface area contributed by atoms with Crippen LogP contribution in [0.3, 0.4) is 0 Å². The van der Waals surface area contributed by atoms with Gasteiger partial charge in [0.25, 0.3) is 0 Å². The molecule has 236 valence electrons. The smallest absolute Gasteiger partial charge is 0.160 e. The number of para-hydroxylation sites is 2. The predicted molar refractivity (Wildman–Crippen MR) is 208 cm³/mol. The van der Waals surface area contributed by atoms with E-state index >= 15 is 0 Å². The van der Waals surface area contributed by atoms with E-state index in [1.807, 2.05) is 6.07 Å². The Kier molecular flexibility index (Phi) is 6.22. The molecular weight excluding hydrogens is 607 g/mol. The van der Waals surface area contributed by atoms with Crippen LogP contribution in [0.1, 0.15) is 25.0 Å². The lowest BCUT2D eigenvalue weighted by Gasteiger charge is -2.22.